The molecule has 1 nitrogen and oxygen atoms in total. The molecule has 2 heteroatoms. The maximum absolute atomic E-state index is 6.20. The molecule has 0 aliphatic heterocycles. The van der Waals surface area contributed by atoms with Gasteiger partial charge in [0, 0.05) is 9.61 Å². The molecule has 1 saturated carbocycles. The van der Waals surface area contributed by atoms with E-state index in [9.17, 15) is 0 Å². The van der Waals surface area contributed by atoms with Crippen LogP contribution >= 0.6 is 22.6 Å². The van der Waals surface area contributed by atoms with Gasteiger partial charge in [0.2, 0.25) is 0 Å². The van der Waals surface area contributed by atoms with Crippen LogP contribution in [0.1, 0.15) is 36.4 Å². The average molecular weight is 301 g/mol. The van der Waals surface area contributed by atoms with Crippen molar-refractivity contribution in [1.29, 1.82) is 0 Å². The average Bonchev–Trinajstić information content (AvgIpc) is 2.93. The normalized spacial score (nSPS) is 18.2. The zero-order chi connectivity index (χ0) is 10.1. The fourth-order valence-corrected chi connectivity index (χ4v) is 2.56. The van der Waals surface area contributed by atoms with Gasteiger partial charge in [-0.15, -0.1) is 0 Å². The predicted octanol–water partition coefficient (Wildman–Crippen LogP) is 3.40. The highest BCUT2D eigenvalue weighted by molar-refractivity contribution is 14.1. The van der Waals surface area contributed by atoms with Gasteiger partial charge in [0.1, 0.15) is 0 Å². The molecule has 0 bridgehead atoms. The van der Waals surface area contributed by atoms with Gasteiger partial charge in [-0.3, -0.25) is 0 Å². The van der Waals surface area contributed by atoms with Crippen molar-refractivity contribution < 1.29 is 0 Å². The predicted molar refractivity (Wildman–Crippen MR) is 68.2 cm³/mol. The Balaban J connectivity index is 2.16. The number of aryl methyl sites for hydroxylation is 1. The summed E-state index contributed by atoms with van der Waals surface area (Å²) in [5.41, 5.74) is 8.87. The summed E-state index contributed by atoms with van der Waals surface area (Å²) in [5.74, 6) is 0.904. The van der Waals surface area contributed by atoms with Gasteiger partial charge in [0.25, 0.3) is 0 Å². The lowest BCUT2D eigenvalue weighted by atomic mass is 10.0. The minimum absolute atomic E-state index is 0.245. The Hall–Kier alpha value is -0.0900. The summed E-state index contributed by atoms with van der Waals surface area (Å²) >= 11 is 2.41. The number of halogens is 1. The Kier molecular flexibility index (Phi) is 3.12. The summed E-state index contributed by atoms with van der Waals surface area (Å²) < 4.78 is 1.35. The van der Waals surface area contributed by atoms with Crippen LogP contribution in [0.5, 0.6) is 0 Å². The summed E-state index contributed by atoms with van der Waals surface area (Å²) in [4.78, 5) is 0. The lowest BCUT2D eigenvalue weighted by Gasteiger charge is -2.14. The van der Waals surface area contributed by atoms with Crippen molar-refractivity contribution in [3.05, 3.63) is 32.9 Å². The molecule has 1 atom stereocenters. The second-order valence-corrected chi connectivity index (χ2v) is 5.34. The molecule has 1 aromatic carbocycles. The van der Waals surface area contributed by atoms with Crippen LogP contribution in [-0.2, 0) is 0 Å². The minimum atomic E-state index is 0.245. The monoisotopic (exact) mass is 301 g/mol. The molecule has 2 rings (SSSR count). The third-order valence-corrected chi connectivity index (χ3v) is 4.38. The Labute approximate surface area is 99.2 Å². The van der Waals surface area contributed by atoms with Crippen molar-refractivity contribution in [3.8, 4) is 0 Å². The summed E-state index contributed by atoms with van der Waals surface area (Å²) in [7, 11) is 0. The molecule has 2 N–H and O–H groups in total. The zero-order valence-corrected chi connectivity index (χ0v) is 10.6. The van der Waals surface area contributed by atoms with Crippen LogP contribution < -0.4 is 5.73 Å². The van der Waals surface area contributed by atoms with Gasteiger partial charge in [-0.25, -0.2) is 0 Å². The van der Waals surface area contributed by atoms with Gasteiger partial charge in [-0.1, -0.05) is 31.0 Å². The molecule has 0 aromatic heterocycles. The molecular weight excluding hydrogens is 285 g/mol. The summed E-state index contributed by atoms with van der Waals surface area (Å²) in [5, 5.41) is 0. The van der Waals surface area contributed by atoms with Crippen LogP contribution in [0.3, 0.4) is 0 Å². The maximum Gasteiger partial charge on any atom is 0.0308 e. The van der Waals surface area contributed by atoms with E-state index in [0.29, 0.717) is 0 Å². The SMILES string of the molecule is Cc1cccc([C@@H](N)CC2CC2)c1I. The molecule has 1 aromatic rings. The standard InChI is InChI=1S/C12H16IN/c1-8-3-2-4-10(12(8)13)11(14)7-9-5-6-9/h2-4,9,11H,5-7,14H2,1H3/t11-/m0/s1. The van der Waals surface area contributed by atoms with E-state index in [1.807, 2.05) is 0 Å². The lowest BCUT2D eigenvalue weighted by molar-refractivity contribution is 0.594. The van der Waals surface area contributed by atoms with E-state index in [1.54, 1.807) is 0 Å². The fraction of sp³-hybridized carbons (Fsp3) is 0.500. The molecule has 0 spiro atoms. The highest BCUT2D eigenvalue weighted by Gasteiger charge is 2.25. The van der Waals surface area contributed by atoms with Crippen molar-refractivity contribution in [2.45, 2.75) is 32.2 Å². The first kappa shape index (κ1) is 10.4. The molecular formula is C12H16IN. The summed E-state index contributed by atoms with van der Waals surface area (Å²) in [6.07, 6.45) is 3.94. The van der Waals surface area contributed by atoms with E-state index >= 15 is 0 Å². The number of hydrogen-bond donors (Lipinski definition) is 1. The van der Waals surface area contributed by atoms with Crippen molar-refractivity contribution >= 4 is 22.6 Å². The molecule has 0 saturated heterocycles. The topological polar surface area (TPSA) is 26.0 Å². The smallest absolute Gasteiger partial charge is 0.0308 e. The molecule has 1 aliphatic carbocycles. The van der Waals surface area contributed by atoms with Crippen molar-refractivity contribution in [2.75, 3.05) is 0 Å². The fourth-order valence-electron chi connectivity index (χ4n) is 1.80. The Morgan fingerprint density at radius 1 is 1.50 bits per heavy atom. The molecule has 76 valence electrons. The summed E-state index contributed by atoms with van der Waals surface area (Å²) in [6.45, 7) is 2.15. The summed E-state index contributed by atoms with van der Waals surface area (Å²) in [6, 6.07) is 6.67. The highest BCUT2D eigenvalue weighted by Crippen LogP contribution is 2.37. The van der Waals surface area contributed by atoms with Crippen LogP contribution in [0.25, 0.3) is 0 Å². The van der Waals surface area contributed by atoms with E-state index in [2.05, 4.69) is 47.7 Å². The molecule has 0 heterocycles. The molecule has 0 radical (unpaired) electrons. The Bertz CT molecular complexity index is 331. The van der Waals surface area contributed by atoms with Gasteiger partial charge in [0.05, 0.1) is 0 Å². The molecule has 0 amide bonds. The van der Waals surface area contributed by atoms with E-state index in [0.717, 1.165) is 5.92 Å². The molecule has 1 fully saturated rings. The van der Waals surface area contributed by atoms with E-state index in [4.69, 9.17) is 5.73 Å². The van der Waals surface area contributed by atoms with Gasteiger partial charge in [0.15, 0.2) is 0 Å². The van der Waals surface area contributed by atoms with Gasteiger partial charge < -0.3 is 5.73 Å². The van der Waals surface area contributed by atoms with Crippen LogP contribution in [0.2, 0.25) is 0 Å². The Morgan fingerprint density at radius 3 is 2.86 bits per heavy atom. The number of benzene rings is 1. The van der Waals surface area contributed by atoms with Gasteiger partial charge in [-0.05, 0) is 53.0 Å². The largest absolute Gasteiger partial charge is 0.324 e. The van der Waals surface area contributed by atoms with E-state index < -0.39 is 0 Å². The Morgan fingerprint density at radius 2 is 2.21 bits per heavy atom. The van der Waals surface area contributed by atoms with Crippen LogP contribution in [0.4, 0.5) is 0 Å². The van der Waals surface area contributed by atoms with Crippen LogP contribution in [0, 0.1) is 16.4 Å². The minimum Gasteiger partial charge on any atom is -0.324 e. The van der Waals surface area contributed by atoms with Crippen LogP contribution in [0.15, 0.2) is 18.2 Å². The number of nitrogens with two attached hydrogens (primary N) is 1. The quantitative estimate of drug-likeness (QED) is 0.851. The first-order chi connectivity index (χ1) is 6.68. The third kappa shape index (κ3) is 2.28. The second kappa shape index (κ2) is 4.19. The van der Waals surface area contributed by atoms with Crippen molar-refractivity contribution in [2.24, 2.45) is 11.7 Å². The zero-order valence-electron chi connectivity index (χ0n) is 8.46. The molecule has 14 heavy (non-hydrogen) atoms. The lowest BCUT2D eigenvalue weighted by Crippen LogP contribution is -2.13. The number of rotatable bonds is 3. The molecule has 0 unspecified atom stereocenters. The van der Waals surface area contributed by atoms with Crippen LogP contribution in [-0.4, -0.2) is 0 Å². The first-order valence-corrected chi connectivity index (χ1v) is 6.27. The van der Waals surface area contributed by atoms with Gasteiger partial charge >= 0.3 is 0 Å². The van der Waals surface area contributed by atoms with E-state index in [1.165, 1.54) is 34.0 Å². The second-order valence-electron chi connectivity index (χ2n) is 4.26. The third-order valence-electron chi connectivity index (χ3n) is 2.91. The van der Waals surface area contributed by atoms with E-state index in [-0.39, 0.29) is 6.04 Å². The number of hydrogen-bond acceptors (Lipinski definition) is 1. The molecule has 1 aliphatic rings. The maximum atomic E-state index is 6.20. The highest BCUT2D eigenvalue weighted by atomic mass is 127. The first-order valence-electron chi connectivity index (χ1n) is 5.19. The van der Waals surface area contributed by atoms with Gasteiger partial charge in [-0.2, -0.15) is 0 Å². The van der Waals surface area contributed by atoms with Crippen molar-refractivity contribution in [3.63, 3.8) is 0 Å². The van der Waals surface area contributed by atoms with Crippen molar-refractivity contribution in [1.82, 2.24) is 0 Å².